The molecule has 4 fully saturated rings. The van der Waals surface area contributed by atoms with Crippen LogP contribution in [0.1, 0.15) is 68.4 Å². The Hall–Kier alpha value is -11.7. The number of nitrogens with zero attached hydrogens (tertiary/aromatic N) is 22. The Morgan fingerprint density at radius 1 is 0.710 bits per heavy atom. The number of nitrogens with one attached hydrogen (secondary N) is 7. The number of alkyl halides is 3. The molecule has 1 atom stereocenters. The van der Waals surface area contributed by atoms with Crippen molar-refractivity contribution in [1.82, 2.24) is 86.3 Å². The van der Waals surface area contributed by atoms with Gasteiger partial charge in [0.05, 0.1) is 51.9 Å². The Bertz CT molecular complexity index is 5400. The molecule has 0 spiro atoms. The summed E-state index contributed by atoms with van der Waals surface area (Å²) in [5.74, 6) is -1.44. The summed E-state index contributed by atoms with van der Waals surface area (Å²) in [6.07, 6.45) is 8.39. The Balaban J connectivity index is 0.000000242. The molecule has 131 heavy (non-hydrogen) atoms. The van der Waals surface area contributed by atoms with E-state index in [-0.39, 0.29) is 52.8 Å². The number of thioether (sulfide) groups is 1. The van der Waals surface area contributed by atoms with Crippen molar-refractivity contribution in [1.29, 1.82) is 5.26 Å². The molecule has 4 aliphatic rings. The SMILES string of the molecule is CC/C(=N\[N+](=O)[O-])NCc1cnc(Cl)s1.CCN(Cc1ccc(Cl)nc1)/C(=C/[N+](=O)[O-])NC.CN/C(=N\[N+](=O)[O-])NCC1CCOC1.CN1COCN(Cc2cnc(Cl)s2)/C1=N/[N+](=O)[O-].N#CN=C1SCCN1Cc1ccc(Cl)nc1.O=C(NC(=O)c1c(F)cccc1F)Nc1cc(Cl)c(Oc2ncc(C(F)(F)F)cc2Cl)c(Cl)c1.O=[N+]([O-])/N=C1\NCCN1Cc1cnc(Cl)s1. The molecule has 0 radical (unpaired) electrons. The number of hydrogen-bond donors (Lipinski definition) is 7. The van der Waals surface area contributed by atoms with E-state index in [1.54, 1.807) is 103 Å². The molecular weight excluding hydrogens is 1990 g/mol. The number of ether oxygens (including phenoxy) is 3. The number of benzene rings is 2. The van der Waals surface area contributed by atoms with E-state index in [0.29, 0.717) is 119 Å². The van der Waals surface area contributed by atoms with Crippen LogP contribution < -0.4 is 42.0 Å². The quantitative estimate of drug-likeness (QED) is 0.00531. The van der Waals surface area contributed by atoms with Crippen molar-refractivity contribution in [3.63, 3.8) is 0 Å². The summed E-state index contributed by atoms with van der Waals surface area (Å²) in [6, 6.07) is 11.6. The van der Waals surface area contributed by atoms with Crippen molar-refractivity contribution in [3.05, 3.63) is 248 Å². The van der Waals surface area contributed by atoms with Crippen LogP contribution in [0.25, 0.3) is 0 Å². The minimum atomic E-state index is -4.67. The zero-order valence-electron chi connectivity index (χ0n) is 68.4. The molecule has 4 aliphatic heterocycles. The molecule has 61 heteroatoms. The predicted octanol–water partition coefficient (Wildman–Crippen LogP) is 14.1. The molecule has 3 amide bonds. The molecule has 44 nitrogen and oxygen atoms in total. The van der Waals surface area contributed by atoms with Crippen LogP contribution in [0.2, 0.25) is 38.8 Å². The molecular formula is C70H74Cl8F5N29O15S4. The maximum Gasteiger partial charge on any atom is 0.417 e. The Morgan fingerprint density at radius 2 is 1.31 bits per heavy atom. The lowest BCUT2D eigenvalue weighted by Gasteiger charge is -2.34. The molecule has 4 saturated heterocycles. The lowest BCUT2D eigenvalue weighted by atomic mass is 10.1. The molecule has 0 aliphatic carbocycles. The number of aliphatic imine (C=N–C) groups is 1. The summed E-state index contributed by atoms with van der Waals surface area (Å²) in [5, 5.41) is 88.9. The number of pyridine rings is 3. The highest BCUT2D eigenvalue weighted by molar-refractivity contribution is 8.14. The van der Waals surface area contributed by atoms with Gasteiger partial charge in [0.2, 0.25) is 12.1 Å². The van der Waals surface area contributed by atoms with E-state index in [1.807, 2.05) is 30.1 Å². The van der Waals surface area contributed by atoms with Gasteiger partial charge in [0, 0.05) is 149 Å². The number of aromatic nitrogens is 6. The third-order valence-corrected chi connectivity index (χ3v) is 21.9. The first-order valence-corrected chi connectivity index (χ1v) is 43.5. The van der Waals surface area contributed by atoms with E-state index in [1.165, 1.54) is 34.0 Å². The molecule has 12 rings (SSSR count). The highest BCUT2D eigenvalue weighted by Gasteiger charge is 2.33. The molecule has 6 aromatic heterocycles. The number of amides is 3. The zero-order chi connectivity index (χ0) is 96.4. The van der Waals surface area contributed by atoms with Crippen LogP contribution in [-0.2, 0) is 48.4 Å². The molecule has 2 aromatic carbocycles. The van der Waals surface area contributed by atoms with Crippen LogP contribution in [-0.4, -0.2) is 207 Å². The van der Waals surface area contributed by atoms with E-state index in [0.717, 1.165) is 99.3 Å². The number of hydrazone groups is 4. The van der Waals surface area contributed by atoms with E-state index < -0.39 is 76.8 Å². The number of anilines is 1. The van der Waals surface area contributed by atoms with Gasteiger partial charge in [-0.3, -0.25) is 20.2 Å². The summed E-state index contributed by atoms with van der Waals surface area (Å²) in [4.78, 5) is 114. The fourth-order valence-corrected chi connectivity index (χ4v) is 15.3. The van der Waals surface area contributed by atoms with Gasteiger partial charge in [0.25, 0.3) is 30.0 Å². The minimum absolute atomic E-state index is 0.0619. The average Bonchev–Trinajstić information content (AvgIpc) is 1.80. The van der Waals surface area contributed by atoms with Crippen molar-refractivity contribution in [3.8, 4) is 17.8 Å². The molecule has 704 valence electrons. The first-order chi connectivity index (χ1) is 62.3. The van der Waals surface area contributed by atoms with E-state index in [4.69, 9.17) is 112 Å². The summed E-state index contributed by atoms with van der Waals surface area (Å²) in [7, 11) is 4.91. The maximum atomic E-state index is 13.7. The van der Waals surface area contributed by atoms with Gasteiger partial charge < -0.3 is 70.6 Å². The lowest BCUT2D eigenvalue weighted by Crippen LogP contribution is -2.49. The number of nitriles is 1. The first kappa shape index (κ1) is 108. The van der Waals surface area contributed by atoms with Crippen LogP contribution >= 0.6 is 139 Å². The van der Waals surface area contributed by atoms with Crippen molar-refractivity contribution < 1.29 is 70.8 Å². The minimum Gasteiger partial charge on any atom is -0.434 e. The highest BCUT2D eigenvalue weighted by Crippen LogP contribution is 2.42. The summed E-state index contributed by atoms with van der Waals surface area (Å²) in [5.41, 5.74) is -0.118. The number of carbonyl (C=O) groups is 2. The van der Waals surface area contributed by atoms with Gasteiger partial charge >= 0.3 is 12.2 Å². The van der Waals surface area contributed by atoms with E-state index >= 15 is 0 Å². The number of hydrogen-bond acceptors (Lipinski definition) is 29. The van der Waals surface area contributed by atoms with Crippen LogP contribution in [0.5, 0.6) is 11.6 Å². The smallest absolute Gasteiger partial charge is 0.417 e. The molecule has 8 aromatic rings. The Morgan fingerprint density at radius 3 is 1.82 bits per heavy atom. The third kappa shape index (κ3) is 39.1. The molecule has 0 saturated carbocycles. The van der Waals surface area contributed by atoms with Crippen molar-refractivity contribution in [2.24, 2.45) is 31.3 Å². The fraction of sp³-hybridized carbons (Fsp3) is 0.343. The normalized spacial score (nSPS) is 15.0. The number of nitro groups is 5. The zero-order valence-corrected chi connectivity index (χ0v) is 77.7. The summed E-state index contributed by atoms with van der Waals surface area (Å²) >= 11 is 52.0. The number of urea groups is 1. The van der Waals surface area contributed by atoms with Crippen molar-refractivity contribution in [2.75, 3.05) is 91.6 Å². The van der Waals surface area contributed by atoms with Crippen LogP contribution in [0.4, 0.5) is 32.4 Å². The number of carbonyl (C=O) groups excluding carboxylic acids is 2. The second kappa shape index (κ2) is 55.5. The molecule has 1 unspecified atom stereocenters. The maximum absolute atomic E-state index is 13.7. The van der Waals surface area contributed by atoms with Gasteiger partial charge in [-0.25, -0.2) is 83.9 Å². The van der Waals surface area contributed by atoms with Gasteiger partial charge in [-0.15, -0.1) is 39.0 Å². The summed E-state index contributed by atoms with van der Waals surface area (Å²) < 4.78 is 82.7. The molecule has 10 heterocycles. The molecule has 0 bridgehead atoms. The van der Waals surface area contributed by atoms with Gasteiger partial charge in [-0.2, -0.15) is 18.4 Å². The van der Waals surface area contributed by atoms with Gasteiger partial charge in [-0.05, 0) is 66.9 Å². The summed E-state index contributed by atoms with van der Waals surface area (Å²) in [6.45, 7) is 11.9. The number of amidine groups is 2. The molecule has 7 N–H and O–H groups in total. The number of rotatable bonds is 25. The standard InChI is InChI=1S/C20H9Cl3F5N3O3.C11H15ClN4O2.C10H9ClN4S.C8H10ClN5O3S.C7H8ClN5O2S.C7H9ClN4O2S.C7H14N4O3/c21-10-5-9(30-19(33)31-17(32)15-13(24)2-1-3-14(15)25)6-11(22)16(10)34-18-12(23)4-8(7-29-18)20(26,27)28;1-3-15(11(13-2)8-16(17)18)7-9-4-5-10(12)14-6-9;11-9-2-1-8(5-13-9)6-15-3-4-16-10(15)14-7-12;1-12-4-17-5-13(8(12)11-14(15)16)3-6-2-10-7(9)18-6;8-6-10-3-5(16-6)4-12-2-1-9-7(12)11-13(14)15;1-2-6(11-12(13)14)9-3-5-4-10-7(8)15-5;1-8-7(10-11(12)13)9-4-6-2-3-14-5-6/h1-7H,(H2,30,31,32,33);4-6,8,13H,3,7H2,1-2H3;1-2,5H,3-4,6H2;2H,3-5H2,1H3;3H,1-2,4H2,(H,9,11);4H,2-3H2,1H3,(H,9,11);6H,2-5H2,1H3,(H2,8,9,10)/b;11-8+;;11-8+;;;. The van der Waals surface area contributed by atoms with Gasteiger partial charge in [-0.1, -0.05) is 130 Å². The van der Waals surface area contributed by atoms with Crippen LogP contribution in [0, 0.1) is 79.6 Å². The van der Waals surface area contributed by atoms with E-state index in [2.05, 4.69) is 92.1 Å². The van der Waals surface area contributed by atoms with Crippen LogP contribution in [0.3, 0.4) is 0 Å². The fourth-order valence-electron chi connectivity index (χ4n) is 10.5. The Labute approximate surface area is 796 Å². The number of thiazole rings is 3. The number of halogens is 13. The monoisotopic (exact) mass is 2060 g/mol. The largest absolute Gasteiger partial charge is 0.434 e. The second-order valence-electron chi connectivity index (χ2n) is 25.5. The van der Waals surface area contributed by atoms with Gasteiger partial charge in [0.1, 0.15) is 61.3 Å². The van der Waals surface area contributed by atoms with Crippen molar-refractivity contribution in [2.45, 2.75) is 65.6 Å². The lowest BCUT2D eigenvalue weighted by molar-refractivity contribution is -0.486. The number of guanidine groups is 3. The number of imide groups is 1. The second-order valence-corrected chi connectivity index (χ2v) is 33.6. The highest BCUT2D eigenvalue weighted by atomic mass is 35.5. The third-order valence-electron chi connectivity index (χ3n) is 16.3. The van der Waals surface area contributed by atoms with Gasteiger partial charge in [0.15, 0.2) is 56.1 Å². The predicted molar refractivity (Wildman–Crippen MR) is 483 cm³/mol. The average molecular weight is 2070 g/mol. The topological polar surface area (TPSA) is 541 Å². The van der Waals surface area contributed by atoms with E-state index in [9.17, 15) is 82.1 Å². The van der Waals surface area contributed by atoms with Crippen LogP contribution in [0.15, 0.2) is 135 Å². The Kier molecular flexibility index (Phi) is 45.8. The van der Waals surface area contributed by atoms with Crippen molar-refractivity contribution >= 4 is 185 Å². The first-order valence-electron chi connectivity index (χ1n) is 37.0.